The van der Waals surface area contributed by atoms with Crippen LogP contribution in [-0.2, 0) is 12.8 Å². The van der Waals surface area contributed by atoms with Crippen molar-refractivity contribution in [2.24, 2.45) is 0 Å². The number of hydrogen-bond acceptors (Lipinski definition) is 3. The van der Waals surface area contributed by atoms with E-state index in [1.165, 1.54) is 10.4 Å². The molecule has 1 aliphatic carbocycles. The molecule has 18 heavy (non-hydrogen) atoms. The fourth-order valence-electron chi connectivity index (χ4n) is 2.40. The zero-order valence-corrected chi connectivity index (χ0v) is 10.5. The van der Waals surface area contributed by atoms with Gasteiger partial charge in [0, 0.05) is 16.0 Å². The molecule has 0 amide bonds. The summed E-state index contributed by atoms with van der Waals surface area (Å²) in [5, 5.41) is 2.13. The molecule has 2 heterocycles. The van der Waals surface area contributed by atoms with Crippen molar-refractivity contribution in [2.75, 3.05) is 0 Å². The van der Waals surface area contributed by atoms with Gasteiger partial charge in [-0.2, -0.15) is 0 Å². The molecule has 88 valence electrons. The zero-order chi connectivity index (χ0) is 11.9. The quantitative estimate of drug-likeness (QED) is 0.650. The standard InChI is InChI=1S/C15H11NOS/c1-2-4-10(5-3-1)15-16-12-6-7-13-11(8-9-18-13)14(12)17-15/h1-5,8-9H,6-7H2. The molecule has 0 spiro atoms. The largest absolute Gasteiger partial charge is 0.436 e. The van der Waals surface area contributed by atoms with Gasteiger partial charge in [0.25, 0.3) is 0 Å². The number of thiophene rings is 1. The van der Waals surface area contributed by atoms with Crippen molar-refractivity contribution in [3.63, 3.8) is 0 Å². The van der Waals surface area contributed by atoms with E-state index >= 15 is 0 Å². The van der Waals surface area contributed by atoms with Gasteiger partial charge in [-0.25, -0.2) is 4.98 Å². The molecule has 0 fully saturated rings. The Morgan fingerprint density at radius 3 is 2.83 bits per heavy atom. The molecule has 0 aliphatic heterocycles. The maximum absolute atomic E-state index is 5.97. The summed E-state index contributed by atoms with van der Waals surface area (Å²) in [6.45, 7) is 0. The van der Waals surface area contributed by atoms with Crippen molar-refractivity contribution in [2.45, 2.75) is 12.8 Å². The van der Waals surface area contributed by atoms with E-state index in [1.807, 2.05) is 30.3 Å². The van der Waals surface area contributed by atoms with Crippen LogP contribution in [0.3, 0.4) is 0 Å². The first kappa shape index (κ1) is 10.1. The predicted octanol–water partition coefficient (Wildman–Crippen LogP) is 4.17. The molecule has 0 saturated heterocycles. The van der Waals surface area contributed by atoms with Gasteiger partial charge in [-0.15, -0.1) is 11.3 Å². The van der Waals surface area contributed by atoms with E-state index in [4.69, 9.17) is 4.42 Å². The number of rotatable bonds is 1. The average molecular weight is 253 g/mol. The number of aromatic nitrogens is 1. The van der Waals surface area contributed by atoms with Crippen molar-refractivity contribution >= 4 is 11.3 Å². The lowest BCUT2D eigenvalue weighted by atomic mass is 10.0. The Bertz CT molecular complexity index is 696. The number of aryl methyl sites for hydroxylation is 2. The topological polar surface area (TPSA) is 26.0 Å². The lowest BCUT2D eigenvalue weighted by Crippen LogP contribution is -1.98. The maximum Gasteiger partial charge on any atom is 0.227 e. The van der Waals surface area contributed by atoms with Crippen LogP contribution in [0.2, 0.25) is 0 Å². The van der Waals surface area contributed by atoms with Crippen LogP contribution in [0.25, 0.3) is 22.8 Å². The lowest BCUT2D eigenvalue weighted by molar-refractivity contribution is 0.585. The summed E-state index contributed by atoms with van der Waals surface area (Å²) in [5.41, 5.74) is 3.37. The second-order valence-electron chi connectivity index (χ2n) is 4.42. The molecule has 2 nitrogen and oxygen atoms in total. The van der Waals surface area contributed by atoms with Gasteiger partial charge in [0.2, 0.25) is 5.89 Å². The summed E-state index contributed by atoms with van der Waals surface area (Å²) in [4.78, 5) is 6.05. The maximum atomic E-state index is 5.97. The summed E-state index contributed by atoms with van der Waals surface area (Å²) in [6, 6.07) is 12.2. The van der Waals surface area contributed by atoms with Gasteiger partial charge in [0.15, 0.2) is 5.76 Å². The van der Waals surface area contributed by atoms with Crippen molar-refractivity contribution in [3.05, 3.63) is 52.3 Å². The second kappa shape index (κ2) is 3.82. The van der Waals surface area contributed by atoms with Crippen LogP contribution in [0.1, 0.15) is 10.6 Å². The average Bonchev–Trinajstić information content (AvgIpc) is 3.05. The molecule has 1 aromatic carbocycles. The van der Waals surface area contributed by atoms with Gasteiger partial charge in [-0.3, -0.25) is 0 Å². The zero-order valence-electron chi connectivity index (χ0n) is 9.72. The Kier molecular flexibility index (Phi) is 2.14. The molecule has 4 rings (SSSR count). The minimum atomic E-state index is 0.736. The summed E-state index contributed by atoms with van der Waals surface area (Å²) in [5.74, 6) is 1.70. The van der Waals surface area contributed by atoms with E-state index in [9.17, 15) is 0 Å². The van der Waals surface area contributed by atoms with E-state index in [0.717, 1.165) is 35.7 Å². The van der Waals surface area contributed by atoms with Gasteiger partial charge < -0.3 is 4.42 Å². The number of oxazole rings is 1. The smallest absolute Gasteiger partial charge is 0.227 e. The van der Waals surface area contributed by atoms with Gasteiger partial charge in [-0.05, 0) is 36.4 Å². The first-order valence-corrected chi connectivity index (χ1v) is 6.91. The molecular weight excluding hydrogens is 242 g/mol. The van der Waals surface area contributed by atoms with Crippen molar-refractivity contribution < 1.29 is 4.42 Å². The van der Waals surface area contributed by atoms with Gasteiger partial charge >= 0.3 is 0 Å². The summed E-state index contributed by atoms with van der Waals surface area (Å²) >= 11 is 1.81. The Morgan fingerprint density at radius 1 is 1.06 bits per heavy atom. The van der Waals surface area contributed by atoms with E-state index in [-0.39, 0.29) is 0 Å². The van der Waals surface area contributed by atoms with E-state index in [2.05, 4.69) is 16.4 Å². The molecule has 3 aromatic rings. The number of hydrogen-bond donors (Lipinski definition) is 0. The van der Waals surface area contributed by atoms with Crippen molar-refractivity contribution in [1.29, 1.82) is 0 Å². The van der Waals surface area contributed by atoms with Crippen LogP contribution in [0.4, 0.5) is 0 Å². The molecule has 1 aliphatic rings. The first-order valence-electron chi connectivity index (χ1n) is 6.04. The van der Waals surface area contributed by atoms with Crippen LogP contribution in [0.5, 0.6) is 0 Å². The summed E-state index contributed by atoms with van der Waals surface area (Å²) in [7, 11) is 0. The summed E-state index contributed by atoms with van der Waals surface area (Å²) < 4.78 is 5.97. The van der Waals surface area contributed by atoms with Gasteiger partial charge in [0.1, 0.15) is 0 Å². The highest BCUT2D eigenvalue weighted by atomic mass is 32.1. The molecule has 0 N–H and O–H groups in total. The van der Waals surface area contributed by atoms with Crippen LogP contribution < -0.4 is 0 Å². The molecule has 0 radical (unpaired) electrons. The highest BCUT2D eigenvalue weighted by Crippen LogP contribution is 2.38. The van der Waals surface area contributed by atoms with Gasteiger partial charge in [-0.1, -0.05) is 18.2 Å². The molecule has 0 saturated carbocycles. The lowest BCUT2D eigenvalue weighted by Gasteiger charge is -2.07. The van der Waals surface area contributed by atoms with E-state index < -0.39 is 0 Å². The van der Waals surface area contributed by atoms with Gasteiger partial charge in [0.05, 0.1) is 5.69 Å². The minimum Gasteiger partial charge on any atom is -0.436 e. The third kappa shape index (κ3) is 1.44. The molecule has 0 atom stereocenters. The third-order valence-corrected chi connectivity index (χ3v) is 4.28. The van der Waals surface area contributed by atoms with Crippen LogP contribution in [0, 0.1) is 0 Å². The first-order chi connectivity index (χ1) is 8.92. The summed E-state index contributed by atoms with van der Waals surface area (Å²) in [6.07, 6.45) is 2.07. The molecule has 0 bridgehead atoms. The predicted molar refractivity (Wildman–Crippen MR) is 72.7 cm³/mol. The number of benzene rings is 1. The SMILES string of the molecule is c1ccc(-c2nc3c(o2)-c2ccsc2CC3)cc1. The van der Waals surface area contributed by atoms with Crippen LogP contribution in [0.15, 0.2) is 46.2 Å². The fourth-order valence-corrected chi connectivity index (χ4v) is 3.28. The molecule has 3 heteroatoms. The normalized spacial score (nSPS) is 13.1. The molecular formula is C15H11NOS. The van der Waals surface area contributed by atoms with Crippen molar-refractivity contribution in [1.82, 2.24) is 4.98 Å². The molecule has 2 aromatic heterocycles. The second-order valence-corrected chi connectivity index (χ2v) is 5.42. The minimum absolute atomic E-state index is 0.736. The third-order valence-electron chi connectivity index (χ3n) is 3.30. The Balaban J connectivity index is 1.88. The Hall–Kier alpha value is -1.87. The van der Waals surface area contributed by atoms with E-state index in [1.54, 1.807) is 11.3 Å². The highest BCUT2D eigenvalue weighted by Gasteiger charge is 2.23. The van der Waals surface area contributed by atoms with Crippen LogP contribution in [-0.4, -0.2) is 4.98 Å². The van der Waals surface area contributed by atoms with Crippen LogP contribution >= 0.6 is 11.3 Å². The van der Waals surface area contributed by atoms with E-state index in [0.29, 0.717) is 0 Å². The number of nitrogens with zero attached hydrogens (tertiary/aromatic N) is 1. The molecule has 0 unspecified atom stereocenters. The highest BCUT2D eigenvalue weighted by molar-refractivity contribution is 7.10. The number of fused-ring (bicyclic) bond motifs is 3. The fraction of sp³-hybridized carbons (Fsp3) is 0.133. The Morgan fingerprint density at radius 2 is 1.94 bits per heavy atom. The monoisotopic (exact) mass is 253 g/mol. The Labute approximate surface area is 109 Å². The van der Waals surface area contributed by atoms with Crippen molar-refractivity contribution in [3.8, 4) is 22.8 Å².